The summed E-state index contributed by atoms with van der Waals surface area (Å²) in [4.78, 5) is 42.0. The minimum Gasteiger partial charge on any atom is -0.425 e. The average Bonchev–Trinajstić information content (AvgIpc) is 3.58. The van der Waals surface area contributed by atoms with E-state index in [1.54, 1.807) is 36.4 Å². The fourth-order valence-corrected chi connectivity index (χ4v) is 6.01. The second-order valence-corrected chi connectivity index (χ2v) is 9.99. The number of halogens is 1. The molecule has 0 spiro atoms. The van der Waals surface area contributed by atoms with Crippen molar-refractivity contribution in [3.63, 3.8) is 0 Å². The molecule has 1 aliphatic heterocycles. The Morgan fingerprint density at radius 2 is 1.47 bits per heavy atom. The van der Waals surface area contributed by atoms with Gasteiger partial charge in [-0.05, 0) is 18.9 Å². The van der Waals surface area contributed by atoms with Gasteiger partial charge in [-0.2, -0.15) is 0 Å². The number of carbonyl (C=O) groups excluding carboxylic acids is 3. The molecule has 3 aromatic rings. The fourth-order valence-electron chi connectivity index (χ4n) is 5.70. The lowest BCUT2D eigenvalue weighted by atomic mass is 9.83. The average molecular weight is 545 g/mol. The van der Waals surface area contributed by atoms with Crippen molar-refractivity contribution in [1.82, 2.24) is 0 Å². The number of esters is 2. The molecule has 1 saturated carbocycles. The Balaban J connectivity index is 1.67. The number of para-hydroxylation sites is 1. The van der Waals surface area contributed by atoms with Gasteiger partial charge in [0.05, 0.1) is 5.41 Å². The van der Waals surface area contributed by atoms with Crippen LogP contribution in [-0.4, -0.2) is 17.7 Å². The van der Waals surface area contributed by atoms with Crippen LogP contribution in [-0.2, 0) is 14.3 Å². The summed E-state index contributed by atoms with van der Waals surface area (Å²) in [6.45, 7) is 3.76. The van der Waals surface area contributed by atoms with Gasteiger partial charge in [-0.3, -0.25) is 14.4 Å². The molecule has 0 N–H and O–H groups in total. The van der Waals surface area contributed by atoms with Gasteiger partial charge < -0.3 is 9.47 Å². The van der Waals surface area contributed by atoms with E-state index in [1.165, 1.54) is 0 Å². The van der Waals surface area contributed by atoms with Gasteiger partial charge in [0.15, 0.2) is 11.2 Å². The Kier molecular flexibility index (Phi) is 6.17. The molecule has 0 radical (unpaired) electrons. The van der Waals surface area contributed by atoms with Gasteiger partial charge in [-0.15, -0.1) is 0 Å². The van der Waals surface area contributed by atoms with E-state index in [0.717, 1.165) is 0 Å². The van der Waals surface area contributed by atoms with Crippen LogP contribution >= 0.6 is 15.9 Å². The number of allylic oxidation sites excluding steroid dienone is 1. The summed E-state index contributed by atoms with van der Waals surface area (Å²) in [6.07, 6.45) is 0.840. The van der Waals surface area contributed by atoms with E-state index in [9.17, 15) is 14.4 Å². The lowest BCUT2D eigenvalue weighted by Gasteiger charge is -2.24. The van der Waals surface area contributed by atoms with Crippen molar-refractivity contribution in [2.45, 2.75) is 32.6 Å². The second kappa shape index (κ2) is 9.17. The topological polar surface area (TPSA) is 69.7 Å². The predicted molar refractivity (Wildman–Crippen MR) is 139 cm³/mol. The molecule has 0 unspecified atom stereocenters. The quantitative estimate of drug-likeness (QED) is 0.109. The minimum absolute atomic E-state index is 0.263. The van der Waals surface area contributed by atoms with Crippen LogP contribution in [0.3, 0.4) is 0 Å². The lowest BCUT2D eigenvalue weighted by molar-refractivity contribution is -0.158. The Labute approximate surface area is 218 Å². The number of ether oxygens (including phenoxy) is 2. The molecule has 182 valence electrons. The maximum Gasteiger partial charge on any atom is 0.330 e. The third-order valence-electron chi connectivity index (χ3n) is 7.41. The highest BCUT2D eigenvalue weighted by Crippen LogP contribution is 2.80. The number of carbonyl (C=O) groups is 3. The molecule has 1 aliphatic carbocycles. The summed E-state index contributed by atoms with van der Waals surface area (Å²) < 4.78 is 12.4. The van der Waals surface area contributed by atoms with Gasteiger partial charge in [0.1, 0.15) is 11.5 Å². The molecule has 0 amide bonds. The maximum atomic E-state index is 14.2. The summed E-state index contributed by atoms with van der Waals surface area (Å²) >= 11 is 3.54. The second-order valence-electron chi connectivity index (χ2n) is 9.03. The van der Waals surface area contributed by atoms with Crippen molar-refractivity contribution < 1.29 is 23.9 Å². The standard InChI is InChI=1S/C30H25BrO5/c1-3-22(31)24(19-13-7-5-8-14-19)36-28(34)30-25(21-17-11-12-18-23(21)35-27(30)33)29(30,4-2)26(32)20-15-9-6-10-16-20/h5-18,25H,3-4H2,1-2H3/b24-22+/t25-,29+,30+/m1/s1. The molecule has 1 fully saturated rings. The number of hydrogen-bond donors (Lipinski definition) is 0. The van der Waals surface area contributed by atoms with Crippen LogP contribution in [0, 0.1) is 10.8 Å². The van der Waals surface area contributed by atoms with E-state index in [1.807, 2.05) is 62.4 Å². The molecule has 1 heterocycles. The Hall–Kier alpha value is -3.51. The molecule has 0 saturated heterocycles. The number of fused-ring (bicyclic) bond motifs is 3. The van der Waals surface area contributed by atoms with Gasteiger partial charge in [-0.25, -0.2) is 0 Å². The number of ketones is 1. The minimum atomic E-state index is -1.79. The molecule has 3 aromatic carbocycles. The summed E-state index contributed by atoms with van der Waals surface area (Å²) in [5.41, 5.74) is -1.31. The predicted octanol–water partition coefficient (Wildman–Crippen LogP) is 6.69. The number of Topliss-reactive ketones (excluding diaryl/α,β-unsaturated/α-hetero) is 1. The first-order chi connectivity index (χ1) is 17.4. The molecular weight excluding hydrogens is 520 g/mol. The largest absolute Gasteiger partial charge is 0.425 e. The first-order valence-electron chi connectivity index (χ1n) is 12.0. The highest BCUT2D eigenvalue weighted by molar-refractivity contribution is 9.11. The smallest absolute Gasteiger partial charge is 0.330 e. The van der Waals surface area contributed by atoms with Crippen LogP contribution < -0.4 is 4.74 Å². The van der Waals surface area contributed by atoms with Crippen LogP contribution in [0.5, 0.6) is 5.75 Å². The Morgan fingerprint density at radius 3 is 2.08 bits per heavy atom. The Morgan fingerprint density at radius 1 is 0.889 bits per heavy atom. The maximum absolute atomic E-state index is 14.2. The van der Waals surface area contributed by atoms with Crippen molar-refractivity contribution in [2.24, 2.45) is 10.8 Å². The van der Waals surface area contributed by atoms with Crippen LogP contribution in [0.15, 0.2) is 89.4 Å². The fraction of sp³-hybridized carbons (Fsp3) is 0.233. The molecule has 2 aliphatic rings. The van der Waals surface area contributed by atoms with Crippen molar-refractivity contribution in [2.75, 3.05) is 0 Å². The van der Waals surface area contributed by atoms with Crippen molar-refractivity contribution in [1.29, 1.82) is 0 Å². The molecule has 5 nitrogen and oxygen atoms in total. The van der Waals surface area contributed by atoms with Crippen LogP contribution in [0.25, 0.3) is 5.76 Å². The third-order valence-corrected chi connectivity index (χ3v) is 8.33. The first kappa shape index (κ1) is 24.2. The lowest BCUT2D eigenvalue weighted by Crippen LogP contribution is -2.40. The van der Waals surface area contributed by atoms with E-state index < -0.39 is 28.7 Å². The van der Waals surface area contributed by atoms with Gasteiger partial charge >= 0.3 is 11.9 Å². The van der Waals surface area contributed by atoms with Gasteiger partial charge in [0, 0.05) is 27.1 Å². The molecule has 3 atom stereocenters. The summed E-state index contributed by atoms with van der Waals surface area (Å²) in [6, 6.07) is 25.1. The van der Waals surface area contributed by atoms with Gasteiger partial charge in [0.2, 0.25) is 0 Å². The summed E-state index contributed by atoms with van der Waals surface area (Å²) in [5.74, 6) is -1.77. The Bertz CT molecular complexity index is 1380. The van der Waals surface area contributed by atoms with E-state index in [2.05, 4.69) is 15.9 Å². The zero-order valence-corrected chi connectivity index (χ0v) is 21.6. The van der Waals surface area contributed by atoms with Crippen molar-refractivity contribution in [3.8, 4) is 5.75 Å². The summed E-state index contributed by atoms with van der Waals surface area (Å²) in [5, 5.41) is 0. The number of rotatable bonds is 7. The number of benzene rings is 3. The zero-order valence-electron chi connectivity index (χ0n) is 20.0. The molecular formula is C30H25BrO5. The van der Waals surface area contributed by atoms with Crippen molar-refractivity contribution in [3.05, 3.63) is 106 Å². The summed E-state index contributed by atoms with van der Waals surface area (Å²) in [7, 11) is 0. The normalized spacial score (nSPS) is 24.5. The van der Waals surface area contributed by atoms with Gasteiger partial charge in [-0.1, -0.05) is 109 Å². The zero-order chi connectivity index (χ0) is 25.5. The van der Waals surface area contributed by atoms with E-state index >= 15 is 0 Å². The first-order valence-corrected chi connectivity index (χ1v) is 12.8. The highest BCUT2D eigenvalue weighted by Gasteiger charge is 2.90. The third kappa shape index (κ3) is 3.31. The van der Waals surface area contributed by atoms with Crippen LogP contribution in [0.2, 0.25) is 0 Å². The van der Waals surface area contributed by atoms with Crippen LogP contribution in [0.4, 0.5) is 0 Å². The molecule has 0 bridgehead atoms. The number of hydrogen-bond acceptors (Lipinski definition) is 5. The van der Waals surface area contributed by atoms with E-state index in [-0.39, 0.29) is 12.2 Å². The monoisotopic (exact) mass is 544 g/mol. The van der Waals surface area contributed by atoms with Crippen molar-refractivity contribution >= 4 is 39.4 Å². The highest BCUT2D eigenvalue weighted by atomic mass is 79.9. The molecule has 5 rings (SSSR count). The van der Waals surface area contributed by atoms with Gasteiger partial charge in [0.25, 0.3) is 0 Å². The molecule has 36 heavy (non-hydrogen) atoms. The van der Waals surface area contributed by atoms with Crippen LogP contribution in [0.1, 0.15) is 54.1 Å². The molecule has 6 heteroatoms. The molecule has 0 aromatic heterocycles. The van der Waals surface area contributed by atoms with E-state index in [4.69, 9.17) is 9.47 Å². The van der Waals surface area contributed by atoms with E-state index in [0.29, 0.717) is 39.1 Å². The SMILES string of the molecule is CC/C(Br)=C(\OC(=O)[C@@]12C(=O)Oc3ccccc3[C@@H]1[C@@]2(CC)C(=O)c1ccccc1)c1ccccc1.